The van der Waals surface area contributed by atoms with Gasteiger partial charge in [0.25, 0.3) is 11.8 Å². The Balaban J connectivity index is 1.12. The molecule has 8 heteroatoms. The van der Waals surface area contributed by atoms with Crippen molar-refractivity contribution in [2.75, 3.05) is 38.1 Å². The van der Waals surface area contributed by atoms with Gasteiger partial charge in [-0.2, -0.15) is 0 Å². The Morgan fingerprint density at radius 1 is 0.786 bits per heavy atom. The Morgan fingerprint density at radius 3 is 2.40 bits per heavy atom. The summed E-state index contributed by atoms with van der Waals surface area (Å²) >= 11 is 0. The van der Waals surface area contributed by atoms with Crippen molar-refractivity contribution in [3.63, 3.8) is 0 Å². The Hall–Kier alpha value is -4.56. The normalized spacial score (nSPS) is 15.6. The molecule has 2 aromatic heterocycles. The number of hydrogen-bond acceptors (Lipinski definition) is 5. The molecule has 1 saturated heterocycles. The number of anilines is 1. The molecule has 0 radical (unpaired) electrons. The smallest absolute Gasteiger partial charge is 0.274 e. The summed E-state index contributed by atoms with van der Waals surface area (Å²) in [7, 11) is 1.74. The molecule has 4 heterocycles. The number of aryl methyl sites for hydroxylation is 1. The molecule has 0 N–H and O–H groups in total. The predicted octanol–water partition coefficient (Wildman–Crippen LogP) is 5.16. The summed E-state index contributed by atoms with van der Waals surface area (Å²) in [6, 6.07) is 26.0. The summed E-state index contributed by atoms with van der Waals surface area (Å²) in [6.45, 7) is 4.26. The van der Waals surface area contributed by atoms with Gasteiger partial charge < -0.3 is 9.47 Å². The molecular formula is C34H34N6O2. The van der Waals surface area contributed by atoms with Gasteiger partial charge in [0.05, 0.1) is 11.2 Å². The van der Waals surface area contributed by atoms with Gasteiger partial charge in [-0.1, -0.05) is 60.7 Å². The van der Waals surface area contributed by atoms with Crippen LogP contribution in [0.2, 0.25) is 0 Å². The van der Waals surface area contributed by atoms with Gasteiger partial charge >= 0.3 is 0 Å². The van der Waals surface area contributed by atoms with E-state index in [-0.39, 0.29) is 11.8 Å². The third-order valence-electron chi connectivity index (χ3n) is 8.61. The lowest BCUT2D eigenvalue weighted by molar-refractivity contribution is 0.0616. The number of carbonyl (C=O) groups excluding carboxylic acids is 2. The van der Waals surface area contributed by atoms with E-state index in [0.29, 0.717) is 30.2 Å². The standard InChI is InChI=1S/C34H34N6O2/c1-37(33(41)28-13-8-11-24-9-2-4-12-27(24)28)32-31(40-18-7-6-15-30(40)36-32)34(42)39-21-19-38(20-22-39)23-26-17-16-25-10-3-5-14-29(25)35-26/h2-5,8-14,16-17H,6-7,15,18-23H2,1H3. The van der Waals surface area contributed by atoms with E-state index >= 15 is 0 Å². The van der Waals surface area contributed by atoms with Crippen LogP contribution in [0.15, 0.2) is 78.9 Å². The summed E-state index contributed by atoms with van der Waals surface area (Å²) in [5.74, 6) is 1.13. The number of imidazole rings is 1. The highest BCUT2D eigenvalue weighted by Gasteiger charge is 2.33. The topological polar surface area (TPSA) is 74.6 Å². The molecule has 0 aliphatic carbocycles. The van der Waals surface area contributed by atoms with Crippen LogP contribution in [0.3, 0.4) is 0 Å². The average molecular weight is 559 g/mol. The van der Waals surface area contributed by atoms with Gasteiger partial charge in [0.2, 0.25) is 0 Å². The number of hydrogen-bond donors (Lipinski definition) is 0. The van der Waals surface area contributed by atoms with E-state index in [1.54, 1.807) is 11.9 Å². The van der Waals surface area contributed by atoms with E-state index < -0.39 is 0 Å². The first-order valence-corrected chi connectivity index (χ1v) is 14.8. The molecule has 0 atom stereocenters. The van der Waals surface area contributed by atoms with Gasteiger partial charge in [-0.3, -0.25) is 24.4 Å². The van der Waals surface area contributed by atoms with Gasteiger partial charge in [0.1, 0.15) is 5.82 Å². The zero-order chi connectivity index (χ0) is 28.6. The number of aromatic nitrogens is 3. The SMILES string of the molecule is CN(C(=O)c1cccc2ccccc12)c1nc2n(c1C(=O)N1CCN(Cc3ccc4ccccc4n3)CC1)CCCC2. The van der Waals surface area contributed by atoms with Crippen LogP contribution in [0.1, 0.15) is 45.2 Å². The molecule has 1 fully saturated rings. The molecule has 8 nitrogen and oxygen atoms in total. The van der Waals surface area contributed by atoms with E-state index in [2.05, 4.69) is 27.7 Å². The second-order valence-corrected chi connectivity index (χ2v) is 11.3. The Labute approximate surface area is 245 Å². The second-order valence-electron chi connectivity index (χ2n) is 11.3. The molecule has 5 aromatic rings. The maximum absolute atomic E-state index is 14.1. The maximum atomic E-state index is 14.1. The van der Waals surface area contributed by atoms with Crippen LogP contribution in [0.5, 0.6) is 0 Å². The van der Waals surface area contributed by atoms with Gasteiger partial charge in [-0.15, -0.1) is 0 Å². The van der Waals surface area contributed by atoms with Crippen LogP contribution in [0.4, 0.5) is 5.82 Å². The van der Waals surface area contributed by atoms with Crippen molar-refractivity contribution in [3.8, 4) is 0 Å². The number of pyridine rings is 1. The Bertz CT molecular complexity index is 1800. The highest BCUT2D eigenvalue weighted by Crippen LogP contribution is 2.29. The lowest BCUT2D eigenvalue weighted by Crippen LogP contribution is -2.49. The summed E-state index contributed by atoms with van der Waals surface area (Å²) in [6.07, 6.45) is 2.84. The zero-order valence-electron chi connectivity index (χ0n) is 23.9. The highest BCUT2D eigenvalue weighted by atomic mass is 16.2. The first kappa shape index (κ1) is 26.3. The zero-order valence-corrected chi connectivity index (χ0v) is 23.9. The van der Waals surface area contributed by atoms with E-state index in [9.17, 15) is 9.59 Å². The van der Waals surface area contributed by atoms with Gasteiger partial charge in [-0.05, 0) is 41.8 Å². The minimum absolute atomic E-state index is 0.0494. The van der Waals surface area contributed by atoms with Crippen molar-refractivity contribution in [1.29, 1.82) is 0 Å². The molecule has 212 valence electrons. The third-order valence-corrected chi connectivity index (χ3v) is 8.61. The largest absolute Gasteiger partial charge is 0.335 e. The van der Waals surface area contributed by atoms with Crippen molar-refractivity contribution in [2.45, 2.75) is 32.4 Å². The number of piperazine rings is 1. The summed E-state index contributed by atoms with van der Waals surface area (Å²) in [5, 5.41) is 3.04. The van der Waals surface area contributed by atoms with Crippen LogP contribution in [0, 0.1) is 0 Å². The van der Waals surface area contributed by atoms with Crippen molar-refractivity contribution < 1.29 is 9.59 Å². The van der Waals surface area contributed by atoms with Crippen LogP contribution in [-0.4, -0.2) is 69.4 Å². The van der Waals surface area contributed by atoms with Crippen molar-refractivity contribution in [2.24, 2.45) is 0 Å². The fourth-order valence-electron chi connectivity index (χ4n) is 6.29. The summed E-state index contributed by atoms with van der Waals surface area (Å²) < 4.78 is 2.05. The minimum Gasteiger partial charge on any atom is -0.335 e. The van der Waals surface area contributed by atoms with Crippen molar-refractivity contribution >= 4 is 39.3 Å². The van der Waals surface area contributed by atoms with Crippen LogP contribution >= 0.6 is 0 Å². The lowest BCUT2D eigenvalue weighted by atomic mass is 10.0. The van der Waals surface area contributed by atoms with Crippen LogP contribution in [-0.2, 0) is 19.5 Å². The molecule has 0 saturated carbocycles. The number of nitrogens with zero attached hydrogens (tertiary/aromatic N) is 6. The highest BCUT2D eigenvalue weighted by molar-refractivity contribution is 6.15. The minimum atomic E-state index is -0.163. The number of carbonyl (C=O) groups is 2. The summed E-state index contributed by atoms with van der Waals surface area (Å²) in [5.41, 5.74) is 3.18. The molecule has 2 aliphatic heterocycles. The number of amides is 2. The molecule has 0 unspecified atom stereocenters. The van der Waals surface area contributed by atoms with Crippen molar-refractivity contribution in [3.05, 3.63) is 102 Å². The van der Waals surface area contributed by atoms with E-state index in [1.165, 1.54) is 0 Å². The molecule has 3 aromatic carbocycles. The molecule has 2 aliphatic rings. The third kappa shape index (κ3) is 4.81. The Morgan fingerprint density at radius 2 is 1.55 bits per heavy atom. The van der Waals surface area contributed by atoms with Gasteiger partial charge in [0, 0.05) is 63.7 Å². The number of benzene rings is 3. The monoisotopic (exact) mass is 558 g/mol. The molecular weight excluding hydrogens is 524 g/mol. The van der Waals surface area contributed by atoms with Crippen molar-refractivity contribution in [1.82, 2.24) is 24.3 Å². The quantitative estimate of drug-likeness (QED) is 0.298. The first-order chi connectivity index (χ1) is 20.6. The van der Waals surface area contributed by atoms with Gasteiger partial charge in [0.15, 0.2) is 11.5 Å². The first-order valence-electron chi connectivity index (χ1n) is 14.8. The van der Waals surface area contributed by atoms with Crippen LogP contribution < -0.4 is 4.90 Å². The predicted molar refractivity (Wildman–Crippen MR) is 165 cm³/mol. The molecule has 0 bridgehead atoms. The van der Waals surface area contributed by atoms with E-state index in [0.717, 1.165) is 78.6 Å². The maximum Gasteiger partial charge on any atom is 0.274 e. The average Bonchev–Trinajstić information content (AvgIpc) is 3.43. The second kappa shape index (κ2) is 11.0. The fourth-order valence-corrected chi connectivity index (χ4v) is 6.29. The molecule has 7 rings (SSSR count). The van der Waals surface area contributed by atoms with Crippen LogP contribution in [0.25, 0.3) is 21.7 Å². The summed E-state index contributed by atoms with van der Waals surface area (Å²) in [4.78, 5) is 43.6. The van der Waals surface area contributed by atoms with Gasteiger partial charge in [-0.25, -0.2) is 4.98 Å². The Kier molecular flexibility index (Phi) is 6.91. The molecule has 42 heavy (non-hydrogen) atoms. The number of rotatable bonds is 5. The molecule has 0 spiro atoms. The molecule has 2 amide bonds. The van der Waals surface area contributed by atoms with E-state index in [1.807, 2.05) is 65.6 Å². The number of fused-ring (bicyclic) bond motifs is 3. The lowest BCUT2D eigenvalue weighted by Gasteiger charge is -2.35. The fraction of sp³-hybridized carbons (Fsp3) is 0.294. The number of para-hydroxylation sites is 1. The van der Waals surface area contributed by atoms with E-state index in [4.69, 9.17) is 9.97 Å².